The van der Waals surface area contributed by atoms with Crippen molar-refractivity contribution >= 4 is 6.09 Å². The number of nitrogens with zero attached hydrogens (tertiary/aromatic N) is 1. The van der Waals surface area contributed by atoms with Crippen molar-refractivity contribution in [1.29, 1.82) is 0 Å². The number of ether oxygens (including phenoxy) is 2. The first-order valence-electron chi connectivity index (χ1n) is 4.81. The zero-order valence-corrected chi connectivity index (χ0v) is 8.28. The Morgan fingerprint density at radius 1 is 1.62 bits per heavy atom. The number of hydrogen-bond acceptors (Lipinski definition) is 3. The average molecular weight is 187 g/mol. The maximum atomic E-state index is 11.3. The molecule has 4 heteroatoms. The van der Waals surface area contributed by atoms with Gasteiger partial charge in [-0.3, -0.25) is 0 Å². The van der Waals surface area contributed by atoms with E-state index in [0.29, 0.717) is 26.3 Å². The number of carbonyl (C=O) groups excluding carboxylic acids is 1. The predicted molar refractivity (Wildman–Crippen MR) is 48.6 cm³/mol. The molecule has 1 heterocycles. The third kappa shape index (κ3) is 2.88. The number of amides is 1. The normalized spacial score (nSPS) is 22.9. The van der Waals surface area contributed by atoms with Gasteiger partial charge in [0.15, 0.2) is 0 Å². The highest BCUT2D eigenvalue weighted by atomic mass is 16.6. The van der Waals surface area contributed by atoms with Crippen LogP contribution in [0.5, 0.6) is 0 Å². The molecule has 1 aliphatic rings. The number of morpholine rings is 1. The molecule has 1 atom stereocenters. The second kappa shape index (κ2) is 5.07. The minimum Gasteiger partial charge on any atom is -0.450 e. The van der Waals surface area contributed by atoms with Gasteiger partial charge in [0.2, 0.25) is 0 Å². The molecular weight excluding hydrogens is 170 g/mol. The van der Waals surface area contributed by atoms with Crippen LogP contribution in [0.4, 0.5) is 4.79 Å². The summed E-state index contributed by atoms with van der Waals surface area (Å²) >= 11 is 0. The second-order valence-corrected chi connectivity index (χ2v) is 3.05. The van der Waals surface area contributed by atoms with Gasteiger partial charge in [-0.2, -0.15) is 0 Å². The van der Waals surface area contributed by atoms with Gasteiger partial charge in [-0.1, -0.05) is 6.92 Å². The van der Waals surface area contributed by atoms with Crippen LogP contribution in [0.15, 0.2) is 0 Å². The highest BCUT2D eigenvalue weighted by Crippen LogP contribution is 2.08. The van der Waals surface area contributed by atoms with Gasteiger partial charge in [0.25, 0.3) is 0 Å². The standard InChI is InChI=1S/C9H17NO3/c1-3-8-7-10(5-6-13-8)9(11)12-4-2/h8H,3-7H2,1-2H3/t8-/m0/s1. The van der Waals surface area contributed by atoms with Crippen LogP contribution in [-0.4, -0.2) is 43.4 Å². The van der Waals surface area contributed by atoms with E-state index in [2.05, 4.69) is 6.92 Å². The smallest absolute Gasteiger partial charge is 0.409 e. The van der Waals surface area contributed by atoms with E-state index in [1.54, 1.807) is 4.90 Å². The van der Waals surface area contributed by atoms with Gasteiger partial charge in [-0.15, -0.1) is 0 Å². The molecule has 76 valence electrons. The molecule has 0 aromatic carbocycles. The van der Waals surface area contributed by atoms with Crippen LogP contribution < -0.4 is 0 Å². The maximum Gasteiger partial charge on any atom is 0.409 e. The highest BCUT2D eigenvalue weighted by molar-refractivity contribution is 5.67. The van der Waals surface area contributed by atoms with E-state index in [4.69, 9.17) is 9.47 Å². The largest absolute Gasteiger partial charge is 0.450 e. The van der Waals surface area contributed by atoms with Gasteiger partial charge >= 0.3 is 6.09 Å². The molecular formula is C9H17NO3. The van der Waals surface area contributed by atoms with E-state index < -0.39 is 0 Å². The molecule has 0 unspecified atom stereocenters. The summed E-state index contributed by atoms with van der Waals surface area (Å²) < 4.78 is 10.3. The Morgan fingerprint density at radius 2 is 2.38 bits per heavy atom. The monoisotopic (exact) mass is 187 g/mol. The van der Waals surface area contributed by atoms with Crippen LogP contribution in [-0.2, 0) is 9.47 Å². The summed E-state index contributed by atoms with van der Waals surface area (Å²) in [6.45, 7) is 6.24. The number of hydrogen-bond donors (Lipinski definition) is 0. The van der Waals surface area contributed by atoms with Gasteiger partial charge in [0.1, 0.15) is 0 Å². The molecule has 0 aliphatic carbocycles. The lowest BCUT2D eigenvalue weighted by Gasteiger charge is -2.31. The molecule has 0 aromatic heterocycles. The van der Waals surface area contributed by atoms with Crippen LogP contribution in [0.1, 0.15) is 20.3 Å². The fourth-order valence-electron chi connectivity index (χ4n) is 1.35. The Morgan fingerprint density at radius 3 is 3.00 bits per heavy atom. The summed E-state index contributed by atoms with van der Waals surface area (Å²) in [4.78, 5) is 13.0. The maximum absolute atomic E-state index is 11.3. The molecule has 4 nitrogen and oxygen atoms in total. The lowest BCUT2D eigenvalue weighted by Crippen LogP contribution is -2.45. The van der Waals surface area contributed by atoms with E-state index in [0.717, 1.165) is 6.42 Å². The summed E-state index contributed by atoms with van der Waals surface area (Å²) in [6, 6.07) is 0. The third-order valence-electron chi connectivity index (χ3n) is 2.12. The Bertz CT molecular complexity index is 172. The Balaban J connectivity index is 2.37. The molecule has 1 aliphatic heterocycles. The Labute approximate surface area is 78.8 Å². The minimum atomic E-state index is -0.218. The highest BCUT2D eigenvalue weighted by Gasteiger charge is 2.23. The summed E-state index contributed by atoms with van der Waals surface area (Å²) in [6.07, 6.45) is 0.901. The molecule has 0 spiro atoms. The topological polar surface area (TPSA) is 38.8 Å². The lowest BCUT2D eigenvalue weighted by molar-refractivity contribution is -0.0276. The molecule has 0 aromatic rings. The van der Waals surface area contributed by atoms with Crippen LogP contribution in [0, 0.1) is 0 Å². The molecule has 13 heavy (non-hydrogen) atoms. The lowest BCUT2D eigenvalue weighted by atomic mass is 10.2. The van der Waals surface area contributed by atoms with Crippen LogP contribution in [0.3, 0.4) is 0 Å². The average Bonchev–Trinajstić information content (AvgIpc) is 2.18. The zero-order valence-electron chi connectivity index (χ0n) is 8.28. The van der Waals surface area contributed by atoms with Gasteiger partial charge in [0.05, 0.1) is 25.9 Å². The van der Waals surface area contributed by atoms with E-state index in [1.807, 2.05) is 6.92 Å². The number of rotatable bonds is 2. The molecule has 1 saturated heterocycles. The van der Waals surface area contributed by atoms with Crippen molar-refractivity contribution in [3.63, 3.8) is 0 Å². The van der Waals surface area contributed by atoms with Crippen molar-refractivity contribution < 1.29 is 14.3 Å². The molecule has 0 saturated carbocycles. The van der Waals surface area contributed by atoms with E-state index in [1.165, 1.54) is 0 Å². The van der Waals surface area contributed by atoms with Crippen molar-refractivity contribution in [2.45, 2.75) is 26.4 Å². The summed E-state index contributed by atoms with van der Waals surface area (Å²) in [7, 11) is 0. The fraction of sp³-hybridized carbons (Fsp3) is 0.889. The second-order valence-electron chi connectivity index (χ2n) is 3.05. The minimum absolute atomic E-state index is 0.179. The van der Waals surface area contributed by atoms with E-state index in [-0.39, 0.29) is 12.2 Å². The van der Waals surface area contributed by atoms with Gasteiger partial charge in [0, 0.05) is 6.54 Å². The summed E-state index contributed by atoms with van der Waals surface area (Å²) in [5, 5.41) is 0. The van der Waals surface area contributed by atoms with Crippen molar-refractivity contribution in [1.82, 2.24) is 4.90 Å². The molecule has 0 radical (unpaired) electrons. The Hall–Kier alpha value is -0.770. The molecule has 1 rings (SSSR count). The summed E-state index contributed by atoms with van der Waals surface area (Å²) in [5.74, 6) is 0. The quantitative estimate of drug-likeness (QED) is 0.653. The third-order valence-corrected chi connectivity index (χ3v) is 2.12. The molecule has 0 N–H and O–H groups in total. The van der Waals surface area contributed by atoms with Crippen LogP contribution >= 0.6 is 0 Å². The SMILES string of the molecule is CCOC(=O)N1CCO[C@@H](CC)C1. The fourth-order valence-corrected chi connectivity index (χ4v) is 1.35. The van der Waals surface area contributed by atoms with Crippen LogP contribution in [0.25, 0.3) is 0 Å². The van der Waals surface area contributed by atoms with Crippen molar-refractivity contribution in [3.05, 3.63) is 0 Å². The van der Waals surface area contributed by atoms with Gasteiger partial charge < -0.3 is 14.4 Å². The summed E-state index contributed by atoms with van der Waals surface area (Å²) in [5.41, 5.74) is 0. The van der Waals surface area contributed by atoms with Gasteiger partial charge in [-0.05, 0) is 13.3 Å². The molecule has 1 amide bonds. The van der Waals surface area contributed by atoms with Gasteiger partial charge in [-0.25, -0.2) is 4.79 Å². The zero-order chi connectivity index (χ0) is 9.68. The molecule has 1 fully saturated rings. The number of carbonyl (C=O) groups is 1. The van der Waals surface area contributed by atoms with E-state index in [9.17, 15) is 4.79 Å². The van der Waals surface area contributed by atoms with Crippen molar-refractivity contribution in [2.24, 2.45) is 0 Å². The first kappa shape index (κ1) is 10.3. The van der Waals surface area contributed by atoms with E-state index >= 15 is 0 Å². The Kier molecular flexibility index (Phi) is 4.02. The first-order chi connectivity index (χ1) is 6.27. The molecule has 0 bridgehead atoms. The van der Waals surface area contributed by atoms with Crippen molar-refractivity contribution in [2.75, 3.05) is 26.3 Å². The van der Waals surface area contributed by atoms with Crippen LogP contribution in [0.2, 0.25) is 0 Å². The first-order valence-corrected chi connectivity index (χ1v) is 4.81. The van der Waals surface area contributed by atoms with Crippen molar-refractivity contribution in [3.8, 4) is 0 Å². The predicted octanol–water partition coefficient (Wildman–Crippen LogP) is 1.25.